The van der Waals surface area contributed by atoms with Gasteiger partial charge in [-0.15, -0.1) is 11.3 Å². The number of morpholine rings is 1. The van der Waals surface area contributed by atoms with E-state index in [1.165, 1.54) is 38.9 Å². The molecule has 1 N–H and O–H groups in total. The van der Waals surface area contributed by atoms with E-state index in [2.05, 4.69) is 41.2 Å². The number of fused-ring (bicyclic) bond motifs is 1. The van der Waals surface area contributed by atoms with E-state index >= 15 is 0 Å². The molecule has 1 fully saturated rings. The van der Waals surface area contributed by atoms with Crippen LogP contribution in [0.25, 0.3) is 21.3 Å². The summed E-state index contributed by atoms with van der Waals surface area (Å²) in [5.41, 5.74) is 5.90. The van der Waals surface area contributed by atoms with Crippen molar-refractivity contribution < 1.29 is 9.53 Å². The van der Waals surface area contributed by atoms with Crippen LogP contribution in [0.2, 0.25) is 0 Å². The minimum Gasteiger partial charge on any atom is -0.379 e. The number of ether oxygens (including phenoxy) is 1. The lowest BCUT2D eigenvalue weighted by atomic mass is 10.0. The normalized spacial score (nSPS) is 14.3. The molecule has 2 aromatic heterocycles. The summed E-state index contributed by atoms with van der Waals surface area (Å²) < 4.78 is 6.77. The molecule has 7 nitrogen and oxygen atoms in total. The van der Waals surface area contributed by atoms with E-state index in [-0.39, 0.29) is 18.0 Å². The zero-order valence-corrected chi connectivity index (χ0v) is 20.7. The number of thiophene rings is 1. The summed E-state index contributed by atoms with van der Waals surface area (Å²) in [5.74, 6) is -0.267. The third-order valence-corrected chi connectivity index (χ3v) is 7.33. The largest absolute Gasteiger partial charge is 0.379 e. The number of rotatable bonds is 6. The number of benzene rings is 2. The number of aryl methyl sites for hydroxylation is 2. The number of hydrogen-bond donors (Lipinski definition) is 1. The number of amides is 1. The van der Waals surface area contributed by atoms with Crippen molar-refractivity contribution in [1.29, 1.82) is 0 Å². The molecule has 8 heteroatoms. The van der Waals surface area contributed by atoms with Gasteiger partial charge in [0.1, 0.15) is 11.4 Å². The van der Waals surface area contributed by atoms with Gasteiger partial charge in [-0.3, -0.25) is 19.1 Å². The predicted molar refractivity (Wildman–Crippen MR) is 140 cm³/mol. The third kappa shape index (κ3) is 5.19. The fourth-order valence-corrected chi connectivity index (χ4v) is 5.17. The summed E-state index contributed by atoms with van der Waals surface area (Å²) in [6.07, 6.45) is 1.45. The molecule has 0 spiro atoms. The summed E-state index contributed by atoms with van der Waals surface area (Å²) in [7, 11) is 0. The van der Waals surface area contributed by atoms with Gasteiger partial charge in [0.25, 0.3) is 5.56 Å². The van der Waals surface area contributed by atoms with Gasteiger partial charge in [0.05, 0.1) is 24.9 Å². The van der Waals surface area contributed by atoms with Crippen LogP contribution in [0.1, 0.15) is 16.7 Å². The average molecular weight is 489 g/mol. The van der Waals surface area contributed by atoms with Gasteiger partial charge in [0.2, 0.25) is 5.91 Å². The number of nitrogens with zero attached hydrogens (tertiary/aromatic N) is 3. The lowest BCUT2D eigenvalue weighted by Gasteiger charge is -2.26. The topological polar surface area (TPSA) is 76.5 Å². The van der Waals surface area contributed by atoms with Crippen molar-refractivity contribution >= 4 is 33.1 Å². The smallest absolute Gasteiger partial charge is 0.263 e. The zero-order chi connectivity index (χ0) is 24.4. The Morgan fingerprint density at radius 1 is 1.09 bits per heavy atom. The first-order chi connectivity index (χ1) is 17.0. The Labute approximate surface area is 208 Å². The van der Waals surface area contributed by atoms with Crippen LogP contribution >= 0.6 is 11.3 Å². The van der Waals surface area contributed by atoms with Gasteiger partial charge < -0.3 is 10.1 Å². The molecule has 1 saturated heterocycles. The van der Waals surface area contributed by atoms with E-state index in [9.17, 15) is 9.59 Å². The summed E-state index contributed by atoms with van der Waals surface area (Å²) >= 11 is 1.44. The summed E-state index contributed by atoms with van der Waals surface area (Å²) in [5, 5.41) is 5.41. The minimum atomic E-state index is -0.267. The maximum absolute atomic E-state index is 13.3. The molecule has 180 valence electrons. The van der Waals surface area contributed by atoms with E-state index in [0.29, 0.717) is 15.9 Å². The van der Waals surface area contributed by atoms with Crippen molar-refractivity contribution in [3.63, 3.8) is 0 Å². The molecule has 0 radical (unpaired) electrons. The Balaban J connectivity index is 1.30. The number of anilines is 1. The maximum atomic E-state index is 13.3. The average Bonchev–Trinajstić information content (AvgIpc) is 3.29. The van der Waals surface area contributed by atoms with Crippen LogP contribution in [0.5, 0.6) is 0 Å². The van der Waals surface area contributed by atoms with Crippen molar-refractivity contribution in [3.8, 4) is 11.1 Å². The summed E-state index contributed by atoms with van der Waals surface area (Å²) in [6.45, 7) is 8.29. The van der Waals surface area contributed by atoms with Crippen LogP contribution in [-0.2, 0) is 22.6 Å². The van der Waals surface area contributed by atoms with E-state index in [4.69, 9.17) is 4.74 Å². The first-order valence-corrected chi connectivity index (χ1v) is 12.6. The highest BCUT2D eigenvalue weighted by Crippen LogP contribution is 2.31. The van der Waals surface area contributed by atoms with Gasteiger partial charge in [-0.1, -0.05) is 30.3 Å². The number of carbonyl (C=O) groups is 1. The van der Waals surface area contributed by atoms with E-state index in [1.54, 1.807) is 0 Å². The van der Waals surface area contributed by atoms with Crippen LogP contribution in [0.3, 0.4) is 0 Å². The molecule has 35 heavy (non-hydrogen) atoms. The van der Waals surface area contributed by atoms with Crippen molar-refractivity contribution in [2.45, 2.75) is 26.9 Å². The van der Waals surface area contributed by atoms with Gasteiger partial charge in [-0.25, -0.2) is 4.98 Å². The molecule has 2 aromatic carbocycles. The standard InChI is InChI=1S/C27H28N4O3S/c1-18-3-6-21(13-19(18)2)23-16-35-26-25(23)27(33)31(17-28-26)15-24(32)29-22-7-4-20(5-8-22)14-30-9-11-34-12-10-30/h3-8,13,16-17H,9-12,14-15H2,1-2H3,(H,29,32). The van der Waals surface area contributed by atoms with Crippen molar-refractivity contribution in [2.24, 2.45) is 0 Å². The Morgan fingerprint density at radius 2 is 1.86 bits per heavy atom. The molecular formula is C27H28N4O3S. The maximum Gasteiger partial charge on any atom is 0.263 e. The first-order valence-electron chi connectivity index (χ1n) is 11.7. The lowest BCUT2D eigenvalue weighted by Crippen LogP contribution is -2.35. The number of aromatic nitrogens is 2. The van der Waals surface area contributed by atoms with Crippen LogP contribution in [-0.4, -0.2) is 46.7 Å². The Morgan fingerprint density at radius 3 is 2.60 bits per heavy atom. The highest BCUT2D eigenvalue weighted by atomic mass is 32.1. The van der Waals surface area contributed by atoms with Gasteiger partial charge in [0.15, 0.2) is 0 Å². The number of nitrogens with one attached hydrogen (secondary N) is 1. The van der Waals surface area contributed by atoms with Crippen molar-refractivity contribution in [2.75, 3.05) is 31.6 Å². The van der Waals surface area contributed by atoms with Crippen LogP contribution in [0.15, 0.2) is 59.0 Å². The highest BCUT2D eigenvalue weighted by Gasteiger charge is 2.16. The Bertz CT molecular complexity index is 1420. The van der Waals surface area contributed by atoms with Crippen LogP contribution in [0.4, 0.5) is 5.69 Å². The second-order valence-electron chi connectivity index (χ2n) is 8.94. The highest BCUT2D eigenvalue weighted by molar-refractivity contribution is 7.17. The molecule has 0 unspecified atom stereocenters. The van der Waals surface area contributed by atoms with Crippen LogP contribution in [0, 0.1) is 13.8 Å². The molecule has 0 atom stereocenters. The molecule has 0 saturated carbocycles. The molecule has 3 heterocycles. The second kappa shape index (κ2) is 10.1. The van der Waals surface area contributed by atoms with Crippen molar-refractivity contribution in [3.05, 3.63) is 81.2 Å². The SMILES string of the molecule is Cc1ccc(-c2csc3ncn(CC(=O)Nc4ccc(CN5CCOCC5)cc4)c(=O)c23)cc1C. The van der Waals surface area contributed by atoms with Gasteiger partial charge >= 0.3 is 0 Å². The van der Waals surface area contributed by atoms with Gasteiger partial charge in [0, 0.05) is 36.3 Å². The molecule has 1 aliphatic heterocycles. The predicted octanol–water partition coefficient (Wildman–Crippen LogP) is 4.21. The van der Waals surface area contributed by atoms with Gasteiger partial charge in [-0.2, -0.15) is 0 Å². The molecule has 4 aromatic rings. The summed E-state index contributed by atoms with van der Waals surface area (Å²) in [4.78, 5) is 33.5. The third-order valence-electron chi connectivity index (χ3n) is 6.44. The Kier molecular flexibility index (Phi) is 6.77. The van der Waals surface area contributed by atoms with E-state index in [1.807, 2.05) is 35.7 Å². The second-order valence-corrected chi connectivity index (χ2v) is 9.80. The van der Waals surface area contributed by atoms with E-state index in [0.717, 1.165) is 44.0 Å². The molecule has 0 bridgehead atoms. The fraction of sp³-hybridized carbons (Fsp3) is 0.296. The molecular weight excluding hydrogens is 460 g/mol. The zero-order valence-electron chi connectivity index (χ0n) is 19.9. The lowest BCUT2D eigenvalue weighted by molar-refractivity contribution is -0.116. The quantitative estimate of drug-likeness (QED) is 0.440. The Hall–Kier alpha value is -3.33. The fourth-order valence-electron chi connectivity index (χ4n) is 4.27. The molecule has 0 aliphatic carbocycles. The molecule has 1 aliphatic rings. The van der Waals surface area contributed by atoms with Crippen LogP contribution < -0.4 is 10.9 Å². The summed E-state index contributed by atoms with van der Waals surface area (Å²) in [6, 6.07) is 14.0. The molecule has 5 rings (SSSR count). The molecule has 1 amide bonds. The first kappa shape index (κ1) is 23.4. The van der Waals surface area contributed by atoms with E-state index < -0.39 is 0 Å². The van der Waals surface area contributed by atoms with Crippen molar-refractivity contribution in [1.82, 2.24) is 14.5 Å². The number of hydrogen-bond acceptors (Lipinski definition) is 6. The minimum absolute atomic E-state index is 0.0977. The van der Waals surface area contributed by atoms with Gasteiger partial charge in [-0.05, 0) is 48.2 Å². The monoisotopic (exact) mass is 488 g/mol. The number of carbonyl (C=O) groups excluding carboxylic acids is 1.